The zero-order chi connectivity index (χ0) is 16.8. The number of carbonyl (C=O) groups excluding carboxylic acids is 1. The molecule has 0 fully saturated rings. The number of hydrogen-bond donors (Lipinski definition) is 0. The van der Waals surface area contributed by atoms with Crippen molar-refractivity contribution < 1.29 is 9.53 Å². The lowest BCUT2D eigenvalue weighted by Gasteiger charge is -2.06. The summed E-state index contributed by atoms with van der Waals surface area (Å²) in [7, 11) is 0. The normalized spacial score (nSPS) is 10.7. The molecule has 0 spiro atoms. The molecule has 0 bridgehead atoms. The summed E-state index contributed by atoms with van der Waals surface area (Å²) in [4.78, 5) is 16.1. The number of nitrogens with zero attached hydrogens (tertiary/aromatic N) is 1. The molecule has 0 aliphatic carbocycles. The Kier molecular flexibility index (Phi) is 5.04. The van der Waals surface area contributed by atoms with Gasteiger partial charge in [-0.05, 0) is 47.5 Å². The predicted octanol–water partition coefficient (Wildman–Crippen LogP) is 5.12. The third-order valence-electron chi connectivity index (χ3n) is 3.36. The van der Waals surface area contributed by atoms with Crippen LogP contribution in [-0.2, 0) is 0 Å². The van der Waals surface area contributed by atoms with Crippen LogP contribution in [0, 0.1) is 0 Å². The van der Waals surface area contributed by atoms with Crippen molar-refractivity contribution in [2.24, 2.45) is 0 Å². The van der Waals surface area contributed by atoms with E-state index in [-0.39, 0.29) is 0 Å². The van der Waals surface area contributed by atoms with Crippen molar-refractivity contribution in [1.29, 1.82) is 0 Å². The first-order valence-corrected chi connectivity index (χ1v) is 7.75. The Balaban J connectivity index is 1.68. The highest BCUT2D eigenvalue weighted by Gasteiger charge is 2.11. The Labute approximate surface area is 145 Å². The van der Waals surface area contributed by atoms with Crippen LogP contribution in [0.2, 0.25) is 5.02 Å². The van der Waals surface area contributed by atoms with Gasteiger partial charge in [0.05, 0.1) is 10.6 Å². The molecule has 0 saturated heterocycles. The average molecular weight is 336 g/mol. The SMILES string of the molecule is O=C(Oc1ccc(/C=C/c2ccncc2)cc1)c1ccccc1Cl. The summed E-state index contributed by atoms with van der Waals surface area (Å²) in [6.45, 7) is 0. The smallest absolute Gasteiger partial charge is 0.345 e. The second kappa shape index (κ2) is 7.57. The lowest BCUT2D eigenvalue weighted by Crippen LogP contribution is -2.08. The molecule has 3 aromatic rings. The second-order valence-corrected chi connectivity index (χ2v) is 5.46. The fourth-order valence-corrected chi connectivity index (χ4v) is 2.32. The van der Waals surface area contributed by atoms with Crippen LogP contribution in [0.3, 0.4) is 0 Å². The number of ether oxygens (including phenoxy) is 1. The Bertz CT molecular complexity index is 858. The molecule has 1 aromatic heterocycles. The molecule has 0 aliphatic heterocycles. The monoisotopic (exact) mass is 335 g/mol. The maximum atomic E-state index is 12.1. The summed E-state index contributed by atoms with van der Waals surface area (Å²) in [5, 5.41) is 0.374. The number of carbonyl (C=O) groups is 1. The van der Waals surface area contributed by atoms with Crippen LogP contribution in [0.1, 0.15) is 21.5 Å². The Morgan fingerprint density at radius 2 is 1.50 bits per heavy atom. The highest BCUT2D eigenvalue weighted by molar-refractivity contribution is 6.33. The second-order valence-electron chi connectivity index (χ2n) is 5.05. The summed E-state index contributed by atoms with van der Waals surface area (Å²) in [6, 6.07) is 17.9. The van der Waals surface area contributed by atoms with Crippen LogP contribution in [-0.4, -0.2) is 11.0 Å². The number of halogens is 1. The molecular formula is C20H14ClNO2. The minimum absolute atomic E-state index is 0.348. The maximum absolute atomic E-state index is 12.1. The Hall–Kier alpha value is -2.91. The molecule has 3 nitrogen and oxygen atoms in total. The molecule has 0 aliphatic rings. The van der Waals surface area contributed by atoms with E-state index in [0.717, 1.165) is 11.1 Å². The maximum Gasteiger partial charge on any atom is 0.345 e. The Morgan fingerprint density at radius 3 is 2.17 bits per heavy atom. The molecule has 0 amide bonds. The molecule has 3 rings (SSSR count). The van der Waals surface area contributed by atoms with E-state index in [1.807, 2.05) is 36.4 Å². The van der Waals surface area contributed by atoms with Crippen molar-refractivity contribution in [3.8, 4) is 5.75 Å². The highest BCUT2D eigenvalue weighted by Crippen LogP contribution is 2.19. The van der Waals surface area contributed by atoms with E-state index in [4.69, 9.17) is 16.3 Å². The van der Waals surface area contributed by atoms with E-state index in [1.165, 1.54) is 0 Å². The molecule has 0 unspecified atom stereocenters. The summed E-state index contributed by atoms with van der Waals surface area (Å²) in [5.41, 5.74) is 2.42. The number of pyridine rings is 1. The molecule has 24 heavy (non-hydrogen) atoms. The molecule has 4 heteroatoms. The van der Waals surface area contributed by atoms with Gasteiger partial charge in [-0.2, -0.15) is 0 Å². The number of benzene rings is 2. The lowest BCUT2D eigenvalue weighted by molar-refractivity contribution is 0.0735. The standard InChI is InChI=1S/C20H14ClNO2/c21-19-4-2-1-3-18(19)20(23)24-17-9-7-15(8-10-17)5-6-16-11-13-22-14-12-16/h1-14H/b6-5+. The van der Waals surface area contributed by atoms with Gasteiger partial charge < -0.3 is 4.74 Å². The fourth-order valence-electron chi connectivity index (χ4n) is 2.10. The van der Waals surface area contributed by atoms with Crippen LogP contribution in [0.4, 0.5) is 0 Å². The molecule has 2 aromatic carbocycles. The van der Waals surface area contributed by atoms with Gasteiger partial charge in [0.2, 0.25) is 0 Å². The summed E-state index contributed by atoms with van der Waals surface area (Å²) in [6.07, 6.45) is 7.47. The molecule has 0 N–H and O–H groups in total. The minimum atomic E-state index is -0.472. The fraction of sp³-hybridized carbons (Fsp3) is 0. The largest absolute Gasteiger partial charge is 0.423 e. The van der Waals surface area contributed by atoms with Crippen LogP contribution in [0.15, 0.2) is 73.1 Å². The van der Waals surface area contributed by atoms with E-state index >= 15 is 0 Å². The van der Waals surface area contributed by atoms with E-state index < -0.39 is 5.97 Å². The van der Waals surface area contributed by atoms with Gasteiger partial charge in [0, 0.05) is 12.4 Å². The summed E-state index contributed by atoms with van der Waals surface area (Å²) < 4.78 is 5.34. The van der Waals surface area contributed by atoms with Crippen molar-refractivity contribution in [1.82, 2.24) is 4.98 Å². The van der Waals surface area contributed by atoms with Gasteiger partial charge in [0.25, 0.3) is 0 Å². The first kappa shape index (κ1) is 16.0. The van der Waals surface area contributed by atoms with Crippen LogP contribution < -0.4 is 4.74 Å². The molecule has 0 atom stereocenters. The van der Waals surface area contributed by atoms with Gasteiger partial charge in [-0.3, -0.25) is 4.98 Å². The van der Waals surface area contributed by atoms with Crippen molar-refractivity contribution >= 4 is 29.7 Å². The van der Waals surface area contributed by atoms with Gasteiger partial charge in [0.1, 0.15) is 5.75 Å². The van der Waals surface area contributed by atoms with E-state index in [1.54, 1.807) is 48.8 Å². The number of aromatic nitrogens is 1. The van der Waals surface area contributed by atoms with Crippen molar-refractivity contribution in [2.45, 2.75) is 0 Å². The zero-order valence-corrected chi connectivity index (χ0v) is 13.5. The van der Waals surface area contributed by atoms with Gasteiger partial charge in [-0.25, -0.2) is 4.79 Å². The lowest BCUT2D eigenvalue weighted by atomic mass is 10.1. The van der Waals surface area contributed by atoms with Crippen LogP contribution >= 0.6 is 11.6 Å². The number of rotatable bonds is 4. The van der Waals surface area contributed by atoms with Crippen molar-refractivity contribution in [3.05, 3.63) is 94.8 Å². The first-order chi connectivity index (χ1) is 11.7. The summed E-state index contributed by atoms with van der Waals surface area (Å²) in [5.74, 6) is 0.00154. The topological polar surface area (TPSA) is 39.2 Å². The minimum Gasteiger partial charge on any atom is -0.423 e. The number of esters is 1. The van der Waals surface area contributed by atoms with Crippen LogP contribution in [0.5, 0.6) is 5.75 Å². The number of hydrogen-bond acceptors (Lipinski definition) is 3. The third kappa shape index (κ3) is 4.09. The molecular weight excluding hydrogens is 322 g/mol. The quantitative estimate of drug-likeness (QED) is 0.490. The molecule has 1 heterocycles. The van der Waals surface area contributed by atoms with Gasteiger partial charge >= 0.3 is 5.97 Å². The molecule has 0 radical (unpaired) electrons. The highest BCUT2D eigenvalue weighted by atomic mass is 35.5. The van der Waals surface area contributed by atoms with E-state index in [2.05, 4.69) is 4.98 Å². The Morgan fingerprint density at radius 1 is 0.875 bits per heavy atom. The van der Waals surface area contributed by atoms with Crippen molar-refractivity contribution in [3.63, 3.8) is 0 Å². The van der Waals surface area contributed by atoms with Crippen LogP contribution in [0.25, 0.3) is 12.2 Å². The zero-order valence-electron chi connectivity index (χ0n) is 12.7. The van der Waals surface area contributed by atoms with E-state index in [9.17, 15) is 4.79 Å². The average Bonchev–Trinajstić information content (AvgIpc) is 2.62. The van der Waals surface area contributed by atoms with Gasteiger partial charge in [-0.15, -0.1) is 0 Å². The van der Waals surface area contributed by atoms with Gasteiger partial charge in [-0.1, -0.05) is 48.0 Å². The van der Waals surface area contributed by atoms with Gasteiger partial charge in [0.15, 0.2) is 0 Å². The van der Waals surface area contributed by atoms with Crippen molar-refractivity contribution in [2.75, 3.05) is 0 Å². The first-order valence-electron chi connectivity index (χ1n) is 7.37. The summed E-state index contributed by atoms with van der Waals surface area (Å²) >= 11 is 6.00. The third-order valence-corrected chi connectivity index (χ3v) is 3.69. The molecule has 0 saturated carbocycles. The molecule has 118 valence electrons. The van der Waals surface area contributed by atoms with E-state index in [0.29, 0.717) is 16.3 Å². The predicted molar refractivity (Wildman–Crippen MR) is 96.0 cm³/mol.